The van der Waals surface area contributed by atoms with E-state index < -0.39 is 0 Å². The lowest BCUT2D eigenvalue weighted by Crippen LogP contribution is -2.61. The molecule has 1 aromatic rings. The van der Waals surface area contributed by atoms with Gasteiger partial charge >= 0.3 is 0 Å². The van der Waals surface area contributed by atoms with E-state index in [-0.39, 0.29) is 11.9 Å². The molecule has 1 N–H and O–H groups in total. The summed E-state index contributed by atoms with van der Waals surface area (Å²) in [5.41, 5.74) is 3.99. The third kappa shape index (κ3) is 3.98. The molecule has 138 valence electrons. The lowest BCUT2D eigenvalue weighted by atomic mass is 10.1. The van der Waals surface area contributed by atoms with E-state index in [1.807, 2.05) is 4.90 Å². The zero-order valence-corrected chi connectivity index (χ0v) is 16.1. The molecule has 1 atom stereocenters. The highest BCUT2D eigenvalue weighted by Crippen LogP contribution is 2.24. The normalized spacial score (nSPS) is 22.5. The van der Waals surface area contributed by atoms with E-state index in [0.717, 1.165) is 45.8 Å². The van der Waals surface area contributed by atoms with E-state index in [2.05, 4.69) is 61.0 Å². The van der Waals surface area contributed by atoms with Crippen molar-refractivity contribution in [2.45, 2.75) is 39.8 Å². The Labute approximate surface area is 152 Å². The van der Waals surface area contributed by atoms with Crippen LogP contribution in [-0.4, -0.2) is 73.6 Å². The SMILES string of the molecule is Cc1cccc(N2CCN(C(=O)[C@H]3CN(C(C)C)CCN3)CC2)c1C. The number of piperazine rings is 2. The second kappa shape index (κ2) is 7.75. The van der Waals surface area contributed by atoms with Crippen LogP contribution >= 0.6 is 0 Å². The molecular weight excluding hydrogens is 312 g/mol. The van der Waals surface area contributed by atoms with Gasteiger partial charge in [0.05, 0.1) is 6.04 Å². The highest BCUT2D eigenvalue weighted by atomic mass is 16.2. The Balaban J connectivity index is 1.58. The van der Waals surface area contributed by atoms with Crippen LogP contribution in [-0.2, 0) is 4.79 Å². The molecule has 0 aliphatic carbocycles. The summed E-state index contributed by atoms with van der Waals surface area (Å²) in [5.74, 6) is 0.269. The molecule has 3 rings (SSSR count). The van der Waals surface area contributed by atoms with Crippen LogP contribution < -0.4 is 10.2 Å². The van der Waals surface area contributed by atoms with Crippen LogP contribution in [0.1, 0.15) is 25.0 Å². The summed E-state index contributed by atoms with van der Waals surface area (Å²) in [6.07, 6.45) is 0. The minimum atomic E-state index is -0.0524. The molecular formula is C20H32N4O. The molecule has 2 heterocycles. The molecule has 0 spiro atoms. The van der Waals surface area contributed by atoms with E-state index in [4.69, 9.17) is 0 Å². The molecule has 5 nitrogen and oxygen atoms in total. The average Bonchev–Trinajstić information content (AvgIpc) is 2.63. The number of aryl methyl sites for hydroxylation is 1. The molecule has 2 aliphatic heterocycles. The maximum absolute atomic E-state index is 12.9. The summed E-state index contributed by atoms with van der Waals surface area (Å²) >= 11 is 0. The van der Waals surface area contributed by atoms with Crippen molar-refractivity contribution in [1.82, 2.24) is 15.1 Å². The molecule has 2 fully saturated rings. The van der Waals surface area contributed by atoms with Gasteiger partial charge in [0.2, 0.25) is 5.91 Å². The average molecular weight is 345 g/mol. The maximum atomic E-state index is 12.9. The molecule has 0 unspecified atom stereocenters. The minimum absolute atomic E-state index is 0.0524. The van der Waals surface area contributed by atoms with Crippen molar-refractivity contribution in [3.05, 3.63) is 29.3 Å². The van der Waals surface area contributed by atoms with Crippen LogP contribution in [0.15, 0.2) is 18.2 Å². The zero-order chi connectivity index (χ0) is 18.0. The Bertz CT molecular complexity index is 608. The Kier molecular flexibility index (Phi) is 5.64. The maximum Gasteiger partial charge on any atom is 0.241 e. The lowest BCUT2D eigenvalue weighted by molar-refractivity contribution is -0.135. The molecule has 0 bridgehead atoms. The molecule has 5 heteroatoms. The van der Waals surface area contributed by atoms with Gasteiger partial charge in [-0.05, 0) is 44.9 Å². The molecule has 1 amide bonds. The molecule has 2 saturated heterocycles. The van der Waals surface area contributed by atoms with Gasteiger partial charge in [-0.2, -0.15) is 0 Å². The van der Waals surface area contributed by atoms with Gasteiger partial charge in [0, 0.05) is 57.5 Å². The summed E-state index contributed by atoms with van der Waals surface area (Å²) in [6, 6.07) is 6.93. The molecule has 0 radical (unpaired) electrons. The number of hydrogen-bond acceptors (Lipinski definition) is 4. The first-order valence-corrected chi connectivity index (χ1v) is 9.54. The van der Waals surface area contributed by atoms with Gasteiger partial charge in [0.1, 0.15) is 0 Å². The van der Waals surface area contributed by atoms with Gasteiger partial charge in [0.15, 0.2) is 0 Å². The summed E-state index contributed by atoms with van der Waals surface area (Å²) in [7, 11) is 0. The van der Waals surface area contributed by atoms with Crippen molar-refractivity contribution in [2.24, 2.45) is 0 Å². The van der Waals surface area contributed by atoms with Crippen molar-refractivity contribution in [3.63, 3.8) is 0 Å². The first-order valence-electron chi connectivity index (χ1n) is 9.54. The third-order valence-electron chi connectivity index (χ3n) is 5.74. The standard InChI is InChI=1S/C20H32N4O/c1-15(2)24-9-8-21-18(14-24)20(25)23-12-10-22(11-13-23)19-7-5-6-16(3)17(19)4/h5-7,15,18,21H,8-14H2,1-4H3/t18-/m1/s1. The second-order valence-corrected chi connectivity index (χ2v) is 7.63. The number of rotatable bonds is 3. The fourth-order valence-electron chi connectivity index (χ4n) is 3.87. The molecule has 2 aliphatic rings. The summed E-state index contributed by atoms with van der Waals surface area (Å²) < 4.78 is 0. The van der Waals surface area contributed by atoms with Gasteiger partial charge in [0.25, 0.3) is 0 Å². The van der Waals surface area contributed by atoms with Gasteiger partial charge in [-0.1, -0.05) is 12.1 Å². The van der Waals surface area contributed by atoms with Crippen LogP contribution in [0.25, 0.3) is 0 Å². The number of carbonyl (C=O) groups excluding carboxylic acids is 1. The van der Waals surface area contributed by atoms with Crippen molar-refractivity contribution in [3.8, 4) is 0 Å². The first kappa shape index (κ1) is 18.2. The van der Waals surface area contributed by atoms with Gasteiger partial charge in [-0.25, -0.2) is 0 Å². The van der Waals surface area contributed by atoms with Gasteiger partial charge in [-0.15, -0.1) is 0 Å². The van der Waals surface area contributed by atoms with Crippen LogP contribution in [0.5, 0.6) is 0 Å². The number of amides is 1. The van der Waals surface area contributed by atoms with Crippen LogP contribution in [0.2, 0.25) is 0 Å². The number of hydrogen-bond donors (Lipinski definition) is 1. The van der Waals surface area contributed by atoms with Crippen molar-refractivity contribution < 1.29 is 4.79 Å². The Morgan fingerprint density at radius 2 is 1.84 bits per heavy atom. The smallest absolute Gasteiger partial charge is 0.241 e. The number of nitrogens with zero attached hydrogens (tertiary/aromatic N) is 3. The van der Waals surface area contributed by atoms with Crippen molar-refractivity contribution in [1.29, 1.82) is 0 Å². The monoisotopic (exact) mass is 344 g/mol. The molecule has 25 heavy (non-hydrogen) atoms. The topological polar surface area (TPSA) is 38.8 Å². The van der Waals surface area contributed by atoms with Gasteiger partial charge in [-0.3, -0.25) is 9.69 Å². The number of anilines is 1. The fourth-order valence-corrected chi connectivity index (χ4v) is 3.87. The molecule has 0 aromatic heterocycles. The number of benzene rings is 1. The third-order valence-corrected chi connectivity index (χ3v) is 5.74. The fraction of sp³-hybridized carbons (Fsp3) is 0.650. The van der Waals surface area contributed by atoms with E-state index in [9.17, 15) is 4.79 Å². The second-order valence-electron chi connectivity index (χ2n) is 7.63. The zero-order valence-electron chi connectivity index (χ0n) is 16.1. The lowest BCUT2D eigenvalue weighted by Gasteiger charge is -2.41. The molecule has 1 aromatic carbocycles. The highest BCUT2D eigenvalue weighted by Gasteiger charge is 2.31. The van der Waals surface area contributed by atoms with Crippen LogP contribution in [0.3, 0.4) is 0 Å². The largest absolute Gasteiger partial charge is 0.368 e. The van der Waals surface area contributed by atoms with Crippen LogP contribution in [0, 0.1) is 13.8 Å². The van der Waals surface area contributed by atoms with Crippen molar-refractivity contribution in [2.75, 3.05) is 50.7 Å². The predicted octanol–water partition coefficient (Wildman–Crippen LogP) is 1.63. The quantitative estimate of drug-likeness (QED) is 0.905. The number of nitrogens with one attached hydrogen (secondary N) is 1. The first-order chi connectivity index (χ1) is 12.0. The van der Waals surface area contributed by atoms with Crippen LogP contribution in [0.4, 0.5) is 5.69 Å². The highest BCUT2D eigenvalue weighted by molar-refractivity contribution is 5.82. The minimum Gasteiger partial charge on any atom is -0.368 e. The Morgan fingerprint density at radius 1 is 1.12 bits per heavy atom. The predicted molar refractivity (Wildman–Crippen MR) is 103 cm³/mol. The summed E-state index contributed by atoms with van der Waals surface area (Å²) in [5, 5.41) is 3.41. The van der Waals surface area contributed by atoms with Crippen molar-refractivity contribution >= 4 is 11.6 Å². The Hall–Kier alpha value is -1.59. The van der Waals surface area contributed by atoms with E-state index in [1.165, 1.54) is 16.8 Å². The number of carbonyl (C=O) groups is 1. The Morgan fingerprint density at radius 3 is 2.52 bits per heavy atom. The van der Waals surface area contributed by atoms with E-state index >= 15 is 0 Å². The van der Waals surface area contributed by atoms with E-state index in [0.29, 0.717) is 6.04 Å². The van der Waals surface area contributed by atoms with E-state index in [1.54, 1.807) is 0 Å². The molecule has 0 saturated carbocycles. The van der Waals surface area contributed by atoms with Gasteiger partial charge < -0.3 is 15.1 Å². The summed E-state index contributed by atoms with van der Waals surface area (Å²) in [6.45, 7) is 15.0. The summed E-state index contributed by atoms with van der Waals surface area (Å²) in [4.78, 5) is 19.8.